The van der Waals surface area contributed by atoms with Crippen molar-refractivity contribution in [3.05, 3.63) is 65.8 Å². The van der Waals surface area contributed by atoms with Crippen molar-refractivity contribution in [2.75, 3.05) is 24.2 Å². The number of ether oxygens (including phenoxy) is 1. The summed E-state index contributed by atoms with van der Waals surface area (Å²) in [6, 6.07) is 10.6. The Balaban J connectivity index is 1.41. The number of hydrogen-bond donors (Lipinski definition) is 3. The van der Waals surface area contributed by atoms with E-state index in [4.69, 9.17) is 17.0 Å². The Morgan fingerprint density at radius 1 is 1.29 bits per heavy atom. The normalized spacial score (nSPS) is 15.6. The van der Waals surface area contributed by atoms with E-state index in [-0.39, 0.29) is 17.8 Å². The zero-order valence-electron chi connectivity index (χ0n) is 19.4. The Morgan fingerprint density at radius 3 is 2.82 bits per heavy atom. The number of carbonyl (C=O) groups is 1. The fourth-order valence-electron chi connectivity index (χ4n) is 4.02. The average Bonchev–Trinajstić information content (AvgIpc) is 3.36. The van der Waals surface area contributed by atoms with Crippen LogP contribution in [0.3, 0.4) is 0 Å². The molecule has 176 valence electrons. The number of benzene rings is 1. The molecule has 2 unspecified atom stereocenters. The molecule has 9 heteroatoms. The van der Waals surface area contributed by atoms with Crippen LogP contribution in [0.5, 0.6) is 5.75 Å². The fraction of sp³-hybridized carbons (Fsp3) is 0.360. The molecule has 0 fully saturated rings. The van der Waals surface area contributed by atoms with Gasteiger partial charge in [-0.1, -0.05) is 26.0 Å². The molecule has 2 atom stereocenters. The molecule has 0 saturated carbocycles. The lowest BCUT2D eigenvalue weighted by Gasteiger charge is -2.27. The van der Waals surface area contributed by atoms with Gasteiger partial charge in [0, 0.05) is 30.9 Å². The molecule has 0 aliphatic carbocycles. The summed E-state index contributed by atoms with van der Waals surface area (Å²) in [5, 5.41) is 6.33. The molecule has 0 radical (unpaired) electrons. The Bertz CT molecular complexity index is 1180. The summed E-state index contributed by atoms with van der Waals surface area (Å²) < 4.78 is 7.69. The van der Waals surface area contributed by atoms with Crippen molar-refractivity contribution in [1.82, 2.24) is 19.9 Å². The minimum Gasteiger partial charge on any atom is -0.494 e. The molecule has 1 aliphatic heterocycles. The molecule has 1 aromatic carbocycles. The highest BCUT2D eigenvalue weighted by atomic mass is 16.5. The fourth-order valence-corrected chi connectivity index (χ4v) is 4.02. The van der Waals surface area contributed by atoms with E-state index >= 15 is 0 Å². The summed E-state index contributed by atoms with van der Waals surface area (Å²) in [6.07, 6.45) is 5.17. The van der Waals surface area contributed by atoms with Gasteiger partial charge in [0.1, 0.15) is 23.4 Å². The van der Waals surface area contributed by atoms with Gasteiger partial charge >= 0.3 is 0 Å². The van der Waals surface area contributed by atoms with E-state index in [1.165, 1.54) is 0 Å². The van der Waals surface area contributed by atoms with Crippen LogP contribution in [-0.4, -0.2) is 39.6 Å². The molecular weight excluding hydrogens is 430 g/mol. The minimum atomic E-state index is -0.468. The molecule has 4 rings (SSSR count). The first-order chi connectivity index (χ1) is 16.4. The van der Waals surface area contributed by atoms with Crippen molar-refractivity contribution in [3.63, 3.8) is 0 Å². The SMILES string of the molecule is [C-]#[N+]c1ccc2c(c1)OCC(CNC(=O)C(CC(C)C)Nc1cc(-n3cccc3)nc(N)n1)C2. The number of fused-ring (bicyclic) bond motifs is 1. The van der Waals surface area contributed by atoms with Crippen LogP contribution < -0.4 is 21.1 Å². The van der Waals surface area contributed by atoms with Crippen LogP contribution in [0.1, 0.15) is 25.8 Å². The molecule has 1 amide bonds. The van der Waals surface area contributed by atoms with Gasteiger partial charge in [0.15, 0.2) is 5.69 Å². The van der Waals surface area contributed by atoms with Gasteiger partial charge in [0.25, 0.3) is 0 Å². The average molecular weight is 460 g/mol. The maximum atomic E-state index is 13.1. The molecule has 3 aromatic rings. The topological polar surface area (TPSA) is 111 Å². The van der Waals surface area contributed by atoms with Crippen molar-refractivity contribution in [3.8, 4) is 11.6 Å². The summed E-state index contributed by atoms with van der Waals surface area (Å²) in [5.74, 6) is 2.39. The third kappa shape index (κ3) is 5.64. The minimum absolute atomic E-state index is 0.0949. The number of nitrogens with zero attached hydrogens (tertiary/aromatic N) is 4. The van der Waals surface area contributed by atoms with Crippen LogP contribution in [0, 0.1) is 18.4 Å². The van der Waals surface area contributed by atoms with Crippen LogP contribution in [0.2, 0.25) is 0 Å². The molecule has 9 nitrogen and oxygen atoms in total. The van der Waals surface area contributed by atoms with Gasteiger partial charge in [-0.25, -0.2) is 4.85 Å². The molecule has 0 saturated heterocycles. The molecule has 2 aromatic heterocycles. The summed E-state index contributed by atoms with van der Waals surface area (Å²) >= 11 is 0. The molecular formula is C25H29N7O2. The second-order valence-electron chi connectivity index (χ2n) is 8.92. The number of nitrogens with two attached hydrogens (primary N) is 1. The van der Waals surface area contributed by atoms with Gasteiger partial charge in [-0.3, -0.25) is 4.79 Å². The molecule has 0 spiro atoms. The first-order valence-electron chi connectivity index (χ1n) is 11.4. The van der Waals surface area contributed by atoms with Crippen LogP contribution in [0.4, 0.5) is 17.5 Å². The molecule has 4 N–H and O–H groups in total. The number of amides is 1. The number of nitrogens with one attached hydrogen (secondary N) is 2. The summed E-state index contributed by atoms with van der Waals surface area (Å²) in [7, 11) is 0. The standard InChI is InChI=1S/C25H29N7O2/c1-16(2)10-20(29-22-13-23(31-25(26)30-22)32-8-4-5-9-32)24(33)28-14-17-11-18-6-7-19(27-3)12-21(18)34-15-17/h4-9,12-13,16-17,20H,10-11,14-15H2,1-2H3,(H,28,33)(H3,26,29,30,31). The molecule has 0 bridgehead atoms. The predicted molar refractivity (Wildman–Crippen MR) is 131 cm³/mol. The van der Waals surface area contributed by atoms with Crippen molar-refractivity contribution in [2.24, 2.45) is 11.8 Å². The lowest BCUT2D eigenvalue weighted by Crippen LogP contribution is -2.44. The van der Waals surface area contributed by atoms with Gasteiger partial charge in [-0.2, -0.15) is 9.97 Å². The Labute approximate surface area is 199 Å². The lowest BCUT2D eigenvalue weighted by atomic mass is 9.96. The van der Waals surface area contributed by atoms with Gasteiger partial charge in [-0.05, 0) is 42.5 Å². The first kappa shape index (κ1) is 23.1. The van der Waals surface area contributed by atoms with Crippen LogP contribution >= 0.6 is 0 Å². The molecule has 3 heterocycles. The number of carbonyl (C=O) groups excluding carboxylic acids is 1. The zero-order chi connectivity index (χ0) is 24.1. The Hall–Kier alpha value is -4.06. The molecule has 34 heavy (non-hydrogen) atoms. The monoisotopic (exact) mass is 459 g/mol. The third-order valence-corrected chi connectivity index (χ3v) is 5.67. The highest BCUT2D eigenvalue weighted by molar-refractivity contribution is 5.84. The van der Waals surface area contributed by atoms with E-state index in [9.17, 15) is 4.79 Å². The quantitative estimate of drug-likeness (QED) is 0.444. The van der Waals surface area contributed by atoms with Gasteiger partial charge in [0.05, 0.1) is 13.2 Å². The van der Waals surface area contributed by atoms with E-state index in [1.54, 1.807) is 18.2 Å². The van der Waals surface area contributed by atoms with Crippen molar-refractivity contribution < 1.29 is 9.53 Å². The number of hydrogen-bond acceptors (Lipinski definition) is 6. The second-order valence-corrected chi connectivity index (χ2v) is 8.92. The summed E-state index contributed by atoms with van der Waals surface area (Å²) in [4.78, 5) is 25.1. The number of rotatable bonds is 8. The maximum Gasteiger partial charge on any atom is 0.242 e. The number of aromatic nitrogens is 3. The smallest absolute Gasteiger partial charge is 0.242 e. The van der Waals surface area contributed by atoms with E-state index in [0.717, 1.165) is 17.7 Å². The molecule has 1 aliphatic rings. The predicted octanol–water partition coefficient (Wildman–Crippen LogP) is 3.59. The lowest BCUT2D eigenvalue weighted by molar-refractivity contribution is -0.122. The number of anilines is 2. The van der Waals surface area contributed by atoms with E-state index in [2.05, 4.69) is 39.3 Å². The Kier molecular flexibility index (Phi) is 6.97. The van der Waals surface area contributed by atoms with Crippen LogP contribution in [-0.2, 0) is 11.2 Å². The maximum absolute atomic E-state index is 13.1. The van der Waals surface area contributed by atoms with E-state index in [0.29, 0.717) is 42.8 Å². The zero-order valence-corrected chi connectivity index (χ0v) is 19.4. The van der Waals surface area contributed by atoms with Crippen molar-refractivity contribution in [1.29, 1.82) is 0 Å². The van der Waals surface area contributed by atoms with Gasteiger partial charge < -0.3 is 25.7 Å². The largest absolute Gasteiger partial charge is 0.494 e. The Morgan fingerprint density at radius 2 is 2.09 bits per heavy atom. The van der Waals surface area contributed by atoms with E-state index in [1.807, 2.05) is 35.2 Å². The first-order valence-corrected chi connectivity index (χ1v) is 11.4. The van der Waals surface area contributed by atoms with Crippen LogP contribution in [0.15, 0.2) is 48.8 Å². The summed E-state index contributed by atoms with van der Waals surface area (Å²) in [5.41, 5.74) is 7.55. The van der Waals surface area contributed by atoms with Gasteiger partial charge in [-0.15, -0.1) is 0 Å². The van der Waals surface area contributed by atoms with E-state index < -0.39 is 6.04 Å². The second kappa shape index (κ2) is 10.3. The highest BCUT2D eigenvalue weighted by Gasteiger charge is 2.24. The summed E-state index contributed by atoms with van der Waals surface area (Å²) in [6.45, 7) is 12.3. The van der Waals surface area contributed by atoms with Crippen molar-refractivity contribution >= 4 is 23.4 Å². The van der Waals surface area contributed by atoms with Crippen LogP contribution in [0.25, 0.3) is 10.7 Å². The third-order valence-electron chi connectivity index (χ3n) is 5.67. The number of nitrogen functional groups attached to an aromatic ring is 1. The highest BCUT2D eigenvalue weighted by Crippen LogP contribution is 2.31. The van der Waals surface area contributed by atoms with Gasteiger partial charge in [0.2, 0.25) is 11.9 Å². The van der Waals surface area contributed by atoms with Crippen molar-refractivity contribution in [2.45, 2.75) is 32.7 Å².